The van der Waals surface area contributed by atoms with E-state index in [9.17, 15) is 13.2 Å². The summed E-state index contributed by atoms with van der Waals surface area (Å²) < 4.78 is 26.4. The fraction of sp³-hybridized carbons (Fsp3) is 0.583. The van der Waals surface area contributed by atoms with Crippen LogP contribution in [0.1, 0.15) is 27.4 Å². The second-order valence-electron chi connectivity index (χ2n) is 4.87. The number of piperidine rings is 1. The minimum atomic E-state index is -3.64. The zero-order valence-electron chi connectivity index (χ0n) is 11.1. The topological polar surface area (TPSA) is 94.9 Å². The molecule has 6 nitrogen and oxygen atoms in total. The van der Waals surface area contributed by atoms with E-state index >= 15 is 0 Å². The van der Waals surface area contributed by atoms with E-state index in [0.29, 0.717) is 30.8 Å². The lowest BCUT2D eigenvalue weighted by atomic mass is 10.00. The number of nitrogens with zero attached hydrogens (tertiary/aromatic N) is 1. The van der Waals surface area contributed by atoms with Crippen molar-refractivity contribution >= 4 is 27.3 Å². The number of carboxylic acid groups (broad SMARTS) is 1. The lowest BCUT2D eigenvalue weighted by Gasteiger charge is -2.30. The quantitative estimate of drug-likeness (QED) is 0.868. The van der Waals surface area contributed by atoms with Gasteiger partial charge in [0.1, 0.15) is 4.88 Å². The molecule has 112 valence electrons. The van der Waals surface area contributed by atoms with E-state index in [0.717, 1.165) is 11.3 Å². The summed E-state index contributed by atoms with van der Waals surface area (Å²) in [5.74, 6) is -0.960. The summed E-state index contributed by atoms with van der Waals surface area (Å²) in [4.78, 5) is 11.5. The molecule has 2 N–H and O–H groups in total. The van der Waals surface area contributed by atoms with Crippen LogP contribution in [0.5, 0.6) is 0 Å². The lowest BCUT2D eigenvalue weighted by Crippen LogP contribution is -2.39. The van der Waals surface area contributed by atoms with Crippen LogP contribution in [0, 0.1) is 12.8 Å². The molecular weight excluding hydrogens is 302 g/mol. The second-order valence-corrected chi connectivity index (χ2v) is 8.03. The van der Waals surface area contributed by atoms with E-state index in [4.69, 9.17) is 10.2 Å². The molecule has 2 heterocycles. The van der Waals surface area contributed by atoms with Crippen molar-refractivity contribution in [2.75, 3.05) is 19.7 Å². The summed E-state index contributed by atoms with van der Waals surface area (Å²) in [5.41, 5.74) is 0. The van der Waals surface area contributed by atoms with Crippen LogP contribution in [-0.2, 0) is 10.0 Å². The molecule has 0 spiro atoms. The first kappa shape index (κ1) is 15.4. The van der Waals surface area contributed by atoms with Gasteiger partial charge in [0, 0.05) is 24.6 Å². The largest absolute Gasteiger partial charge is 0.477 e. The molecule has 0 saturated carbocycles. The minimum Gasteiger partial charge on any atom is -0.477 e. The highest BCUT2D eigenvalue weighted by atomic mass is 32.2. The van der Waals surface area contributed by atoms with E-state index in [1.807, 2.05) is 0 Å². The Hall–Kier alpha value is -0.960. The molecule has 0 bridgehead atoms. The number of thiophene rings is 1. The van der Waals surface area contributed by atoms with Crippen LogP contribution in [0.15, 0.2) is 11.0 Å². The molecule has 1 fully saturated rings. The van der Waals surface area contributed by atoms with Crippen molar-refractivity contribution in [3.8, 4) is 0 Å². The highest BCUT2D eigenvalue weighted by molar-refractivity contribution is 7.89. The molecule has 1 saturated heterocycles. The Labute approximate surface area is 121 Å². The van der Waals surface area contributed by atoms with Crippen LogP contribution < -0.4 is 0 Å². The lowest BCUT2D eigenvalue weighted by molar-refractivity contribution is 0.0702. The Morgan fingerprint density at radius 2 is 2.05 bits per heavy atom. The Morgan fingerprint density at radius 1 is 1.45 bits per heavy atom. The maximum atomic E-state index is 12.5. The van der Waals surface area contributed by atoms with E-state index in [1.165, 1.54) is 10.4 Å². The normalized spacial score (nSPS) is 18.3. The van der Waals surface area contributed by atoms with Crippen molar-refractivity contribution < 1.29 is 23.4 Å². The van der Waals surface area contributed by atoms with Crippen LogP contribution in [0.25, 0.3) is 0 Å². The first-order chi connectivity index (χ1) is 9.36. The predicted octanol–water partition coefficient (Wildman–Crippen LogP) is 1.15. The van der Waals surface area contributed by atoms with E-state index in [1.54, 1.807) is 6.92 Å². The van der Waals surface area contributed by atoms with Crippen molar-refractivity contribution in [1.82, 2.24) is 4.31 Å². The smallest absolute Gasteiger partial charge is 0.345 e. The van der Waals surface area contributed by atoms with Gasteiger partial charge in [-0.15, -0.1) is 11.3 Å². The van der Waals surface area contributed by atoms with Gasteiger partial charge in [0.05, 0.1) is 4.90 Å². The molecule has 0 radical (unpaired) electrons. The molecule has 0 atom stereocenters. The maximum Gasteiger partial charge on any atom is 0.345 e. The van der Waals surface area contributed by atoms with Crippen molar-refractivity contribution in [3.63, 3.8) is 0 Å². The molecule has 8 heteroatoms. The number of aryl methyl sites for hydroxylation is 1. The highest BCUT2D eigenvalue weighted by Crippen LogP contribution is 2.30. The second kappa shape index (κ2) is 5.80. The number of carbonyl (C=O) groups is 1. The van der Waals surface area contributed by atoms with Gasteiger partial charge in [0.15, 0.2) is 0 Å². The summed E-state index contributed by atoms with van der Waals surface area (Å²) in [6, 6.07) is 1.23. The van der Waals surface area contributed by atoms with Crippen molar-refractivity contribution in [3.05, 3.63) is 15.8 Å². The Bertz CT molecular complexity index is 599. The van der Waals surface area contributed by atoms with Crippen LogP contribution in [0.2, 0.25) is 0 Å². The zero-order chi connectivity index (χ0) is 14.9. The average Bonchev–Trinajstić information content (AvgIpc) is 2.82. The number of rotatable bonds is 4. The van der Waals surface area contributed by atoms with Gasteiger partial charge in [0.25, 0.3) is 0 Å². The molecular formula is C12H17NO5S2. The Balaban J connectivity index is 2.25. The van der Waals surface area contributed by atoms with E-state index < -0.39 is 16.0 Å². The highest BCUT2D eigenvalue weighted by Gasteiger charge is 2.31. The number of hydrogen-bond donors (Lipinski definition) is 2. The molecule has 1 aliphatic rings. The Morgan fingerprint density at radius 3 is 2.50 bits per heavy atom. The number of sulfonamides is 1. The standard InChI is InChI=1S/C12H17NO5S2/c1-8-11(6-10(19-8)12(15)16)20(17,18)13-4-2-9(7-14)3-5-13/h6,9,14H,2-5,7H2,1H3,(H,15,16). The molecule has 0 unspecified atom stereocenters. The van der Waals surface area contributed by atoms with Gasteiger partial charge in [-0.05, 0) is 31.7 Å². The van der Waals surface area contributed by atoms with E-state index in [2.05, 4.69) is 0 Å². The molecule has 1 aromatic heterocycles. The van der Waals surface area contributed by atoms with Crippen LogP contribution >= 0.6 is 11.3 Å². The predicted molar refractivity (Wildman–Crippen MR) is 74.6 cm³/mol. The molecule has 1 aliphatic heterocycles. The monoisotopic (exact) mass is 319 g/mol. The minimum absolute atomic E-state index is 0.0336. The van der Waals surface area contributed by atoms with Crippen LogP contribution in [0.4, 0.5) is 0 Å². The molecule has 1 aromatic rings. The average molecular weight is 319 g/mol. The van der Waals surface area contributed by atoms with Gasteiger partial charge < -0.3 is 10.2 Å². The summed E-state index contributed by atoms with van der Waals surface area (Å²) in [7, 11) is -3.64. The third-order valence-corrected chi connectivity index (χ3v) is 6.73. The summed E-state index contributed by atoms with van der Waals surface area (Å²) in [5, 5.41) is 18.0. The SMILES string of the molecule is Cc1sc(C(=O)O)cc1S(=O)(=O)N1CCC(CO)CC1. The van der Waals surface area contributed by atoms with Crippen LogP contribution in [0.3, 0.4) is 0 Å². The third-order valence-electron chi connectivity index (χ3n) is 3.53. The van der Waals surface area contributed by atoms with Gasteiger partial charge in [0.2, 0.25) is 10.0 Å². The summed E-state index contributed by atoms with van der Waals surface area (Å²) in [6.07, 6.45) is 1.26. The van der Waals surface area contributed by atoms with Gasteiger partial charge in [-0.2, -0.15) is 4.31 Å². The number of hydrogen-bond acceptors (Lipinski definition) is 5. The molecule has 0 aliphatic carbocycles. The number of aromatic carboxylic acids is 1. The fourth-order valence-corrected chi connectivity index (χ4v) is 5.17. The van der Waals surface area contributed by atoms with Gasteiger partial charge >= 0.3 is 5.97 Å². The van der Waals surface area contributed by atoms with Gasteiger partial charge in [-0.1, -0.05) is 0 Å². The van der Waals surface area contributed by atoms with Gasteiger partial charge in [-0.3, -0.25) is 0 Å². The Kier molecular flexibility index (Phi) is 4.48. The first-order valence-electron chi connectivity index (χ1n) is 6.31. The third kappa shape index (κ3) is 2.88. The van der Waals surface area contributed by atoms with E-state index in [-0.39, 0.29) is 22.3 Å². The maximum absolute atomic E-state index is 12.5. The first-order valence-corrected chi connectivity index (χ1v) is 8.56. The van der Waals surface area contributed by atoms with Crippen molar-refractivity contribution in [2.45, 2.75) is 24.7 Å². The van der Waals surface area contributed by atoms with Crippen molar-refractivity contribution in [1.29, 1.82) is 0 Å². The molecule has 0 amide bonds. The zero-order valence-corrected chi connectivity index (χ0v) is 12.7. The number of aliphatic hydroxyl groups is 1. The summed E-state index contributed by atoms with van der Waals surface area (Å²) in [6.45, 7) is 2.43. The van der Waals surface area contributed by atoms with Crippen LogP contribution in [-0.4, -0.2) is 48.6 Å². The number of aliphatic hydroxyl groups excluding tert-OH is 1. The molecule has 2 rings (SSSR count). The fourth-order valence-electron chi connectivity index (χ4n) is 2.30. The number of carboxylic acids is 1. The summed E-state index contributed by atoms with van der Waals surface area (Å²) >= 11 is 0.973. The molecule has 20 heavy (non-hydrogen) atoms. The van der Waals surface area contributed by atoms with Crippen molar-refractivity contribution in [2.24, 2.45) is 5.92 Å². The van der Waals surface area contributed by atoms with Gasteiger partial charge in [-0.25, -0.2) is 13.2 Å². The molecule has 0 aromatic carbocycles.